The molecule has 0 bridgehead atoms. The van der Waals surface area contributed by atoms with Gasteiger partial charge in [0.25, 0.3) is 5.91 Å². The van der Waals surface area contributed by atoms with Crippen molar-refractivity contribution in [2.24, 2.45) is 0 Å². The van der Waals surface area contributed by atoms with E-state index in [1.807, 2.05) is 17.0 Å². The van der Waals surface area contributed by atoms with Gasteiger partial charge in [-0.2, -0.15) is 0 Å². The Balaban J connectivity index is 0.00000121. The van der Waals surface area contributed by atoms with Crippen LogP contribution in [0, 0.1) is 0 Å². The van der Waals surface area contributed by atoms with Gasteiger partial charge in [-0.1, -0.05) is 5.16 Å². The van der Waals surface area contributed by atoms with Crippen LogP contribution in [0.2, 0.25) is 0 Å². The van der Waals surface area contributed by atoms with Crippen LogP contribution in [-0.2, 0) is 0 Å². The lowest BCUT2D eigenvalue weighted by atomic mass is 10.2. The average molecular weight is 345 g/mol. The van der Waals surface area contributed by atoms with Gasteiger partial charge < -0.3 is 14.7 Å². The number of aromatic nitrogens is 2. The number of hydrogen-bond donors (Lipinski definition) is 1. The zero-order valence-electron chi connectivity index (χ0n) is 11.9. The molecule has 3 heterocycles. The smallest absolute Gasteiger partial charge is 0.276 e. The maximum atomic E-state index is 12.4. The summed E-state index contributed by atoms with van der Waals surface area (Å²) in [5.41, 5.74) is 1.22. The monoisotopic (exact) mass is 344 g/mol. The van der Waals surface area contributed by atoms with Gasteiger partial charge >= 0.3 is 0 Å². The van der Waals surface area contributed by atoms with Crippen LogP contribution in [0.3, 0.4) is 0 Å². The Bertz CT molecular complexity index is 584. The van der Waals surface area contributed by atoms with E-state index in [2.05, 4.69) is 15.5 Å². The number of halogens is 2. The fourth-order valence-electron chi connectivity index (χ4n) is 2.24. The molecule has 8 heteroatoms. The molecule has 1 fully saturated rings. The van der Waals surface area contributed by atoms with Crippen LogP contribution >= 0.6 is 24.8 Å². The van der Waals surface area contributed by atoms with Crippen molar-refractivity contribution in [2.45, 2.75) is 6.42 Å². The molecule has 0 radical (unpaired) electrons. The first-order valence-corrected chi connectivity index (χ1v) is 6.72. The maximum Gasteiger partial charge on any atom is 0.276 e. The van der Waals surface area contributed by atoms with Crippen LogP contribution in [0.5, 0.6) is 0 Å². The van der Waals surface area contributed by atoms with E-state index in [1.165, 1.54) is 0 Å². The van der Waals surface area contributed by atoms with Crippen LogP contribution < -0.4 is 5.32 Å². The first-order chi connectivity index (χ1) is 9.84. The lowest BCUT2D eigenvalue weighted by molar-refractivity contribution is 0.0756. The summed E-state index contributed by atoms with van der Waals surface area (Å²) in [5.74, 6) is 0.515. The largest absolute Gasteiger partial charge is 0.355 e. The third-order valence-electron chi connectivity index (χ3n) is 3.32. The number of carbonyl (C=O) groups excluding carboxylic acids is 1. The van der Waals surface area contributed by atoms with Crippen molar-refractivity contribution in [2.75, 3.05) is 26.2 Å². The van der Waals surface area contributed by atoms with Gasteiger partial charge in [-0.25, -0.2) is 0 Å². The fourth-order valence-corrected chi connectivity index (χ4v) is 2.24. The normalized spacial score (nSPS) is 14.5. The van der Waals surface area contributed by atoms with Gasteiger partial charge in [0.2, 0.25) is 0 Å². The first kappa shape index (κ1) is 18.4. The predicted molar refractivity (Wildman–Crippen MR) is 87.6 cm³/mol. The Morgan fingerprint density at radius 2 is 1.95 bits per heavy atom. The van der Waals surface area contributed by atoms with Crippen molar-refractivity contribution in [3.05, 3.63) is 36.3 Å². The summed E-state index contributed by atoms with van der Waals surface area (Å²) < 4.78 is 5.25. The topological polar surface area (TPSA) is 71.3 Å². The molecule has 1 aliphatic heterocycles. The lowest BCUT2D eigenvalue weighted by Gasteiger charge is -2.17. The molecule has 2 aromatic rings. The van der Waals surface area contributed by atoms with Crippen LogP contribution in [0.15, 0.2) is 35.1 Å². The molecular weight excluding hydrogens is 327 g/mol. The molecule has 1 amide bonds. The zero-order valence-corrected chi connectivity index (χ0v) is 13.5. The Morgan fingerprint density at radius 3 is 2.73 bits per heavy atom. The van der Waals surface area contributed by atoms with Crippen LogP contribution in [0.1, 0.15) is 16.9 Å². The van der Waals surface area contributed by atoms with Gasteiger partial charge in [0.15, 0.2) is 11.5 Å². The number of carbonyl (C=O) groups is 1. The Labute approximate surface area is 141 Å². The van der Waals surface area contributed by atoms with Crippen LogP contribution in [0.4, 0.5) is 0 Å². The summed E-state index contributed by atoms with van der Waals surface area (Å²) in [6, 6.07) is 5.34. The number of hydrogen-bond acceptors (Lipinski definition) is 5. The minimum Gasteiger partial charge on any atom is -0.355 e. The molecule has 0 saturated carbocycles. The molecule has 0 atom stereocenters. The van der Waals surface area contributed by atoms with E-state index < -0.39 is 0 Å². The Morgan fingerprint density at radius 1 is 1.18 bits per heavy atom. The third kappa shape index (κ3) is 4.19. The third-order valence-corrected chi connectivity index (χ3v) is 3.32. The molecule has 0 spiro atoms. The van der Waals surface area contributed by atoms with E-state index in [0.717, 1.165) is 31.6 Å². The van der Waals surface area contributed by atoms with Gasteiger partial charge in [0, 0.05) is 43.7 Å². The molecule has 1 saturated heterocycles. The zero-order chi connectivity index (χ0) is 13.8. The lowest BCUT2D eigenvalue weighted by Crippen LogP contribution is -2.34. The molecule has 2 aromatic heterocycles. The van der Waals surface area contributed by atoms with Crippen LogP contribution in [0.25, 0.3) is 11.3 Å². The highest BCUT2D eigenvalue weighted by Gasteiger charge is 2.21. The summed E-state index contributed by atoms with van der Waals surface area (Å²) in [6.07, 6.45) is 4.32. The van der Waals surface area contributed by atoms with E-state index in [4.69, 9.17) is 4.52 Å². The Hall–Kier alpha value is -1.63. The highest BCUT2D eigenvalue weighted by atomic mass is 35.5. The van der Waals surface area contributed by atoms with Crippen molar-refractivity contribution < 1.29 is 9.32 Å². The molecule has 22 heavy (non-hydrogen) atoms. The number of rotatable bonds is 2. The van der Waals surface area contributed by atoms with Crippen molar-refractivity contribution >= 4 is 30.7 Å². The molecular formula is C14H18Cl2N4O2. The number of nitrogens with zero attached hydrogens (tertiary/aromatic N) is 3. The second-order valence-electron chi connectivity index (χ2n) is 4.71. The van der Waals surface area contributed by atoms with Gasteiger partial charge in [0.1, 0.15) is 0 Å². The summed E-state index contributed by atoms with van der Waals surface area (Å²) in [5, 5.41) is 7.16. The maximum absolute atomic E-state index is 12.4. The van der Waals surface area contributed by atoms with Gasteiger partial charge in [0.05, 0.1) is 0 Å². The highest BCUT2D eigenvalue weighted by molar-refractivity contribution is 5.93. The van der Waals surface area contributed by atoms with Crippen molar-refractivity contribution in [3.8, 4) is 11.3 Å². The summed E-state index contributed by atoms with van der Waals surface area (Å²) in [4.78, 5) is 18.1. The second-order valence-corrected chi connectivity index (χ2v) is 4.71. The van der Waals surface area contributed by atoms with Gasteiger partial charge in [-0.05, 0) is 25.1 Å². The highest BCUT2D eigenvalue weighted by Crippen LogP contribution is 2.20. The molecule has 120 valence electrons. The van der Waals surface area contributed by atoms with E-state index in [0.29, 0.717) is 18.0 Å². The van der Waals surface area contributed by atoms with Crippen molar-refractivity contribution in [3.63, 3.8) is 0 Å². The molecule has 1 aliphatic rings. The number of pyridine rings is 1. The minimum atomic E-state index is -0.0715. The molecule has 1 N–H and O–H groups in total. The Kier molecular flexibility index (Phi) is 7.31. The minimum absolute atomic E-state index is 0. The molecule has 0 aliphatic carbocycles. The summed E-state index contributed by atoms with van der Waals surface area (Å²) >= 11 is 0. The van der Waals surface area contributed by atoms with Gasteiger partial charge in [-0.3, -0.25) is 9.78 Å². The SMILES string of the molecule is Cl.Cl.O=C(c1cc(-c2ccncc2)on1)N1CCCNCC1. The number of amides is 1. The fraction of sp³-hybridized carbons (Fsp3) is 0.357. The van der Waals surface area contributed by atoms with Crippen molar-refractivity contribution in [1.29, 1.82) is 0 Å². The summed E-state index contributed by atoms with van der Waals surface area (Å²) in [6.45, 7) is 3.23. The summed E-state index contributed by atoms with van der Waals surface area (Å²) in [7, 11) is 0. The average Bonchev–Trinajstić information content (AvgIpc) is 2.83. The first-order valence-electron chi connectivity index (χ1n) is 6.72. The standard InChI is InChI=1S/C14H16N4O2.2ClH/c19-14(18-8-1-4-15-7-9-18)12-10-13(20-17-12)11-2-5-16-6-3-11;;/h2-3,5-6,10,15H,1,4,7-9H2;2*1H. The van der Waals surface area contributed by atoms with Gasteiger partial charge in [-0.15, -0.1) is 24.8 Å². The van der Waals surface area contributed by atoms with E-state index >= 15 is 0 Å². The molecule has 3 rings (SSSR count). The molecule has 0 unspecified atom stereocenters. The predicted octanol–water partition coefficient (Wildman–Crippen LogP) is 2.02. The second kappa shape index (κ2) is 8.73. The van der Waals surface area contributed by atoms with E-state index in [9.17, 15) is 4.79 Å². The van der Waals surface area contributed by atoms with Crippen LogP contribution in [-0.4, -0.2) is 47.1 Å². The molecule has 0 aromatic carbocycles. The molecule has 6 nitrogen and oxygen atoms in total. The van der Waals surface area contributed by atoms with Crippen molar-refractivity contribution in [1.82, 2.24) is 20.4 Å². The number of nitrogens with one attached hydrogen (secondary N) is 1. The van der Waals surface area contributed by atoms with E-state index in [-0.39, 0.29) is 30.7 Å². The quantitative estimate of drug-likeness (QED) is 0.902. The van der Waals surface area contributed by atoms with E-state index in [1.54, 1.807) is 18.5 Å².